The number of aliphatic carboxylic acids is 1. The molecule has 2 aromatic rings. The van der Waals surface area contributed by atoms with Crippen molar-refractivity contribution in [1.29, 1.82) is 0 Å². The normalized spacial score (nSPS) is 21.7. The predicted molar refractivity (Wildman–Crippen MR) is 119 cm³/mol. The number of benzene rings is 2. The zero-order valence-corrected chi connectivity index (χ0v) is 18.7. The first-order chi connectivity index (χ1) is 16.0. The van der Waals surface area contributed by atoms with E-state index in [1.54, 1.807) is 32.4 Å². The molecule has 0 aliphatic carbocycles. The lowest BCUT2D eigenvalue weighted by Gasteiger charge is -2.27. The Labute approximate surface area is 192 Å². The van der Waals surface area contributed by atoms with Crippen LogP contribution in [0.5, 0.6) is 17.2 Å². The molecule has 0 bridgehead atoms. The van der Waals surface area contributed by atoms with Crippen LogP contribution in [0.3, 0.4) is 0 Å². The van der Waals surface area contributed by atoms with E-state index in [0.717, 1.165) is 11.1 Å². The van der Waals surface area contributed by atoms with E-state index in [0.29, 0.717) is 36.9 Å². The number of methoxy groups -OCH3 is 2. The number of hydrogen-bond acceptors (Lipinski definition) is 7. The van der Waals surface area contributed by atoms with Gasteiger partial charge in [-0.2, -0.15) is 0 Å². The first kappa shape index (κ1) is 22.9. The molecule has 3 atom stereocenters. The van der Waals surface area contributed by atoms with Crippen molar-refractivity contribution in [2.45, 2.75) is 12.0 Å². The molecule has 2 aliphatic heterocycles. The standard InChI is InChI=1S/C24H28N2O7/c1-30-10-9-25-21(27)13-26-12-18(16-5-8-19-20(11-16)33-14-32-19)22(24(28)29)23(26)15-3-6-17(31-2)7-4-15/h3-8,11,18,22-23H,9-10,12-14H2,1-2H3,(H,25,27)(H,28,29)/t18-,22+,23-/m1/s1. The molecule has 2 heterocycles. The smallest absolute Gasteiger partial charge is 0.309 e. The van der Waals surface area contributed by atoms with Gasteiger partial charge in [-0.1, -0.05) is 18.2 Å². The highest BCUT2D eigenvalue weighted by molar-refractivity contribution is 5.79. The van der Waals surface area contributed by atoms with Gasteiger partial charge in [0, 0.05) is 32.2 Å². The minimum atomic E-state index is -0.916. The maximum Gasteiger partial charge on any atom is 0.309 e. The van der Waals surface area contributed by atoms with Crippen LogP contribution in [-0.2, 0) is 14.3 Å². The summed E-state index contributed by atoms with van der Waals surface area (Å²) in [6.45, 7) is 1.43. The van der Waals surface area contributed by atoms with Crippen molar-refractivity contribution in [2.75, 3.05) is 47.3 Å². The largest absolute Gasteiger partial charge is 0.497 e. The van der Waals surface area contributed by atoms with Gasteiger partial charge in [0.2, 0.25) is 12.7 Å². The topological polar surface area (TPSA) is 107 Å². The van der Waals surface area contributed by atoms with E-state index in [-0.39, 0.29) is 25.2 Å². The van der Waals surface area contributed by atoms with E-state index in [2.05, 4.69) is 5.32 Å². The van der Waals surface area contributed by atoms with E-state index in [1.807, 2.05) is 29.2 Å². The summed E-state index contributed by atoms with van der Waals surface area (Å²) in [4.78, 5) is 27.1. The van der Waals surface area contributed by atoms with Crippen LogP contribution < -0.4 is 19.5 Å². The third kappa shape index (κ3) is 4.89. The van der Waals surface area contributed by atoms with E-state index < -0.39 is 17.9 Å². The van der Waals surface area contributed by atoms with Crippen LogP contribution in [0.25, 0.3) is 0 Å². The van der Waals surface area contributed by atoms with Crippen LogP contribution in [0, 0.1) is 5.92 Å². The number of carboxylic acids is 1. The summed E-state index contributed by atoms with van der Waals surface area (Å²) < 4.78 is 21.2. The number of carbonyl (C=O) groups is 2. The Morgan fingerprint density at radius 1 is 1.09 bits per heavy atom. The van der Waals surface area contributed by atoms with Gasteiger partial charge < -0.3 is 29.4 Å². The van der Waals surface area contributed by atoms with Gasteiger partial charge in [0.05, 0.1) is 26.2 Å². The molecule has 0 spiro atoms. The summed E-state index contributed by atoms with van der Waals surface area (Å²) in [6.07, 6.45) is 0. The molecule has 0 unspecified atom stereocenters. The lowest BCUT2D eigenvalue weighted by molar-refractivity contribution is -0.143. The molecule has 1 fully saturated rings. The second kappa shape index (κ2) is 10.1. The average Bonchev–Trinajstić information content (AvgIpc) is 3.43. The molecular weight excluding hydrogens is 428 g/mol. The molecule has 2 aliphatic rings. The zero-order valence-electron chi connectivity index (χ0n) is 18.7. The quantitative estimate of drug-likeness (QED) is 0.552. The summed E-state index contributed by atoms with van der Waals surface area (Å²) in [6, 6.07) is 12.4. The molecule has 9 nitrogen and oxygen atoms in total. The fourth-order valence-electron chi connectivity index (χ4n) is 4.61. The molecule has 33 heavy (non-hydrogen) atoms. The summed E-state index contributed by atoms with van der Waals surface area (Å²) in [5, 5.41) is 13.1. The number of carbonyl (C=O) groups excluding carboxylic acids is 1. The lowest BCUT2D eigenvalue weighted by Crippen LogP contribution is -2.39. The Kier molecular flexibility index (Phi) is 7.00. The average molecular weight is 456 g/mol. The van der Waals surface area contributed by atoms with Crippen LogP contribution >= 0.6 is 0 Å². The number of carboxylic acid groups (broad SMARTS) is 1. The Bertz CT molecular complexity index is 995. The third-order valence-electron chi connectivity index (χ3n) is 6.14. The summed E-state index contributed by atoms with van der Waals surface area (Å²) in [5.74, 6) is -0.263. The highest BCUT2D eigenvalue weighted by Crippen LogP contribution is 2.47. The van der Waals surface area contributed by atoms with Gasteiger partial charge in [0.25, 0.3) is 0 Å². The number of amides is 1. The molecule has 4 rings (SSSR count). The van der Waals surface area contributed by atoms with Crippen molar-refractivity contribution in [1.82, 2.24) is 10.2 Å². The Morgan fingerprint density at radius 2 is 1.82 bits per heavy atom. The lowest BCUT2D eigenvalue weighted by atomic mass is 9.82. The van der Waals surface area contributed by atoms with Gasteiger partial charge in [-0.3, -0.25) is 14.5 Å². The Morgan fingerprint density at radius 3 is 2.52 bits per heavy atom. The highest BCUT2D eigenvalue weighted by Gasteiger charge is 2.48. The molecule has 1 amide bonds. The summed E-state index contributed by atoms with van der Waals surface area (Å²) in [7, 11) is 3.15. The van der Waals surface area contributed by atoms with E-state index in [1.165, 1.54) is 0 Å². The Hall–Kier alpha value is -3.30. The number of nitrogens with zero attached hydrogens (tertiary/aromatic N) is 1. The van der Waals surface area contributed by atoms with Gasteiger partial charge in [0.1, 0.15) is 5.75 Å². The third-order valence-corrected chi connectivity index (χ3v) is 6.14. The maximum absolute atomic E-state index is 12.6. The molecular formula is C24H28N2O7. The van der Waals surface area contributed by atoms with Crippen LogP contribution in [-0.4, -0.2) is 69.1 Å². The van der Waals surface area contributed by atoms with Crippen LogP contribution in [0.2, 0.25) is 0 Å². The number of hydrogen-bond donors (Lipinski definition) is 2. The minimum Gasteiger partial charge on any atom is -0.497 e. The van der Waals surface area contributed by atoms with Crippen LogP contribution in [0.4, 0.5) is 0 Å². The molecule has 176 valence electrons. The van der Waals surface area contributed by atoms with Crippen molar-refractivity contribution in [3.05, 3.63) is 53.6 Å². The van der Waals surface area contributed by atoms with Crippen molar-refractivity contribution in [3.63, 3.8) is 0 Å². The molecule has 2 N–H and O–H groups in total. The first-order valence-electron chi connectivity index (χ1n) is 10.8. The molecule has 2 aromatic carbocycles. The molecule has 1 saturated heterocycles. The van der Waals surface area contributed by atoms with Crippen molar-refractivity contribution >= 4 is 11.9 Å². The maximum atomic E-state index is 12.6. The Balaban J connectivity index is 1.66. The van der Waals surface area contributed by atoms with Crippen molar-refractivity contribution in [3.8, 4) is 17.2 Å². The van der Waals surface area contributed by atoms with E-state index in [4.69, 9.17) is 18.9 Å². The molecule has 0 saturated carbocycles. The first-order valence-corrected chi connectivity index (χ1v) is 10.8. The monoisotopic (exact) mass is 456 g/mol. The molecule has 0 radical (unpaired) electrons. The zero-order chi connectivity index (χ0) is 23.4. The fourth-order valence-corrected chi connectivity index (χ4v) is 4.61. The highest BCUT2D eigenvalue weighted by atomic mass is 16.7. The minimum absolute atomic E-state index is 0.0746. The summed E-state index contributed by atoms with van der Waals surface area (Å²) >= 11 is 0. The fraction of sp³-hybridized carbons (Fsp3) is 0.417. The number of ether oxygens (including phenoxy) is 4. The van der Waals surface area contributed by atoms with Crippen molar-refractivity contribution < 1.29 is 33.6 Å². The van der Waals surface area contributed by atoms with Gasteiger partial charge >= 0.3 is 5.97 Å². The van der Waals surface area contributed by atoms with Gasteiger partial charge in [-0.25, -0.2) is 0 Å². The van der Waals surface area contributed by atoms with Crippen LogP contribution in [0.15, 0.2) is 42.5 Å². The SMILES string of the molecule is COCCNC(=O)CN1C[C@H](c2ccc3c(c2)OCO3)[C@H](C(=O)O)[C@H]1c1ccc(OC)cc1. The van der Waals surface area contributed by atoms with Crippen LogP contribution in [0.1, 0.15) is 23.1 Å². The number of nitrogens with one attached hydrogen (secondary N) is 1. The summed E-state index contributed by atoms with van der Waals surface area (Å²) in [5.41, 5.74) is 1.66. The number of likely N-dealkylation sites (tertiary alicyclic amines) is 1. The van der Waals surface area contributed by atoms with Gasteiger partial charge in [0.15, 0.2) is 11.5 Å². The number of fused-ring (bicyclic) bond motifs is 1. The molecule has 9 heteroatoms. The van der Waals surface area contributed by atoms with Crippen molar-refractivity contribution in [2.24, 2.45) is 5.92 Å². The van der Waals surface area contributed by atoms with E-state index in [9.17, 15) is 14.7 Å². The molecule has 0 aromatic heterocycles. The van der Waals surface area contributed by atoms with Gasteiger partial charge in [-0.05, 0) is 35.4 Å². The second-order valence-electron chi connectivity index (χ2n) is 8.07. The second-order valence-corrected chi connectivity index (χ2v) is 8.07. The van der Waals surface area contributed by atoms with E-state index >= 15 is 0 Å². The predicted octanol–water partition coefficient (Wildman–Crippen LogP) is 2.03. The van der Waals surface area contributed by atoms with Gasteiger partial charge in [-0.15, -0.1) is 0 Å². The number of rotatable bonds is 9.